The Morgan fingerprint density at radius 1 is 1.32 bits per heavy atom. The number of aromatic nitrogens is 4. The van der Waals surface area contributed by atoms with E-state index in [0.29, 0.717) is 23.2 Å². The summed E-state index contributed by atoms with van der Waals surface area (Å²) in [5.74, 6) is 0.614. The summed E-state index contributed by atoms with van der Waals surface area (Å²) in [6.45, 7) is 4.52. The molecule has 0 aliphatic heterocycles. The number of hydrogen-bond acceptors (Lipinski definition) is 4. The Morgan fingerprint density at radius 2 is 2.14 bits per heavy atom. The minimum Gasteiger partial charge on any atom is -0.494 e. The molecule has 22 heavy (non-hydrogen) atoms. The fourth-order valence-corrected chi connectivity index (χ4v) is 2.66. The predicted molar refractivity (Wildman–Crippen MR) is 84.3 cm³/mol. The van der Waals surface area contributed by atoms with Gasteiger partial charge in [0.25, 0.3) is 5.56 Å². The van der Waals surface area contributed by atoms with E-state index in [1.165, 1.54) is 0 Å². The Morgan fingerprint density at radius 3 is 2.82 bits per heavy atom. The van der Waals surface area contributed by atoms with Crippen molar-refractivity contribution >= 4 is 10.9 Å². The Balaban J connectivity index is 1.96. The first-order chi connectivity index (χ1) is 10.6. The van der Waals surface area contributed by atoms with Crippen molar-refractivity contribution < 1.29 is 4.74 Å². The number of rotatable bonds is 4. The molecule has 0 saturated carbocycles. The molecule has 3 aromatic rings. The van der Waals surface area contributed by atoms with Gasteiger partial charge in [0, 0.05) is 12.2 Å². The summed E-state index contributed by atoms with van der Waals surface area (Å²) >= 11 is 0. The summed E-state index contributed by atoms with van der Waals surface area (Å²) in [4.78, 5) is 16.9. The molecule has 3 rings (SSSR count). The van der Waals surface area contributed by atoms with E-state index in [0.717, 1.165) is 23.4 Å². The second kappa shape index (κ2) is 5.63. The van der Waals surface area contributed by atoms with E-state index in [2.05, 4.69) is 15.2 Å². The highest BCUT2D eigenvalue weighted by Crippen LogP contribution is 2.20. The molecular weight excluding hydrogens is 280 g/mol. The van der Waals surface area contributed by atoms with Gasteiger partial charge in [-0.1, -0.05) is 6.07 Å². The number of aryl methyl sites for hydroxylation is 3. The zero-order valence-corrected chi connectivity index (χ0v) is 12.9. The minimum atomic E-state index is -0.0531. The summed E-state index contributed by atoms with van der Waals surface area (Å²) in [6, 6.07) is 5.38. The molecule has 6 nitrogen and oxygen atoms in total. The van der Waals surface area contributed by atoms with Gasteiger partial charge in [0.15, 0.2) is 0 Å². The molecular formula is C16H18N4O2. The normalized spacial score (nSPS) is 11.0. The van der Waals surface area contributed by atoms with Crippen LogP contribution in [0.25, 0.3) is 10.9 Å². The van der Waals surface area contributed by atoms with Gasteiger partial charge in [-0.25, -0.2) is 4.98 Å². The van der Waals surface area contributed by atoms with Crippen LogP contribution < -0.4 is 10.3 Å². The van der Waals surface area contributed by atoms with Crippen LogP contribution in [0.3, 0.4) is 0 Å². The highest BCUT2D eigenvalue weighted by Gasteiger charge is 2.10. The van der Waals surface area contributed by atoms with E-state index in [9.17, 15) is 4.79 Å². The van der Waals surface area contributed by atoms with E-state index in [1.54, 1.807) is 36.2 Å². The third kappa shape index (κ3) is 2.36. The first kappa shape index (κ1) is 14.3. The molecule has 0 amide bonds. The van der Waals surface area contributed by atoms with Gasteiger partial charge in [-0.3, -0.25) is 14.5 Å². The Labute approximate surface area is 127 Å². The number of ether oxygens (including phenoxy) is 1. The molecule has 0 radical (unpaired) electrons. The lowest BCUT2D eigenvalue weighted by Gasteiger charge is -2.08. The quantitative estimate of drug-likeness (QED) is 0.799. The molecule has 0 fully saturated rings. The molecule has 0 spiro atoms. The van der Waals surface area contributed by atoms with Crippen molar-refractivity contribution in [1.82, 2.24) is 19.7 Å². The number of nitrogens with one attached hydrogen (secondary N) is 1. The number of benzene rings is 1. The molecule has 0 bridgehead atoms. The lowest BCUT2D eigenvalue weighted by Crippen LogP contribution is -2.22. The van der Waals surface area contributed by atoms with E-state index in [4.69, 9.17) is 4.74 Å². The maximum absolute atomic E-state index is 12.6. The molecule has 1 N–H and O–H groups in total. The van der Waals surface area contributed by atoms with Crippen LogP contribution >= 0.6 is 0 Å². The van der Waals surface area contributed by atoms with Crippen molar-refractivity contribution in [1.29, 1.82) is 0 Å². The number of para-hydroxylation sites is 1. The van der Waals surface area contributed by atoms with Crippen LogP contribution in [0, 0.1) is 13.8 Å². The third-order valence-electron chi connectivity index (χ3n) is 3.92. The summed E-state index contributed by atoms with van der Waals surface area (Å²) in [6.07, 6.45) is 2.32. The van der Waals surface area contributed by atoms with E-state index >= 15 is 0 Å². The third-order valence-corrected chi connectivity index (χ3v) is 3.92. The maximum atomic E-state index is 12.6. The number of fused-ring (bicyclic) bond motifs is 1. The van der Waals surface area contributed by atoms with Gasteiger partial charge in [-0.15, -0.1) is 0 Å². The van der Waals surface area contributed by atoms with Crippen LogP contribution in [0.4, 0.5) is 0 Å². The van der Waals surface area contributed by atoms with Crippen LogP contribution in [0.5, 0.6) is 5.75 Å². The van der Waals surface area contributed by atoms with Gasteiger partial charge in [-0.05, 0) is 38.0 Å². The number of methoxy groups -OCH3 is 1. The Hall–Kier alpha value is -2.63. The van der Waals surface area contributed by atoms with Gasteiger partial charge in [-0.2, -0.15) is 5.10 Å². The summed E-state index contributed by atoms with van der Waals surface area (Å²) in [5.41, 5.74) is 3.71. The number of H-pyrrole nitrogens is 1. The number of hydrogen-bond donors (Lipinski definition) is 1. The molecule has 0 aliphatic carbocycles. The summed E-state index contributed by atoms with van der Waals surface area (Å²) < 4.78 is 6.88. The average Bonchev–Trinajstić information content (AvgIpc) is 2.85. The molecule has 0 saturated heterocycles. The van der Waals surface area contributed by atoms with Gasteiger partial charge in [0.05, 0.1) is 24.5 Å². The van der Waals surface area contributed by atoms with Gasteiger partial charge < -0.3 is 4.74 Å². The van der Waals surface area contributed by atoms with Gasteiger partial charge in [0.2, 0.25) is 0 Å². The average molecular weight is 298 g/mol. The van der Waals surface area contributed by atoms with Crippen LogP contribution in [0.1, 0.15) is 17.0 Å². The zero-order chi connectivity index (χ0) is 15.7. The number of nitrogens with zero attached hydrogens (tertiary/aromatic N) is 3. The second-order valence-corrected chi connectivity index (χ2v) is 5.26. The summed E-state index contributed by atoms with van der Waals surface area (Å²) in [5, 5.41) is 7.71. The molecule has 0 aliphatic rings. The molecule has 1 aromatic carbocycles. The smallest absolute Gasteiger partial charge is 0.261 e. The van der Waals surface area contributed by atoms with Crippen LogP contribution in [-0.4, -0.2) is 26.9 Å². The molecule has 6 heteroatoms. The van der Waals surface area contributed by atoms with Gasteiger partial charge >= 0.3 is 0 Å². The van der Waals surface area contributed by atoms with Crippen LogP contribution in [-0.2, 0) is 13.0 Å². The highest BCUT2D eigenvalue weighted by atomic mass is 16.5. The minimum absolute atomic E-state index is 0.0531. The number of aromatic amines is 1. The fourth-order valence-electron chi connectivity index (χ4n) is 2.66. The summed E-state index contributed by atoms with van der Waals surface area (Å²) in [7, 11) is 1.58. The first-order valence-corrected chi connectivity index (χ1v) is 7.14. The van der Waals surface area contributed by atoms with Crippen molar-refractivity contribution in [2.75, 3.05) is 7.11 Å². The SMILES string of the molecule is COc1cccc2c(=O)n(CCc3c(C)n[nH]c3C)cnc12. The molecule has 2 aromatic heterocycles. The molecule has 0 unspecified atom stereocenters. The second-order valence-electron chi connectivity index (χ2n) is 5.26. The monoisotopic (exact) mass is 298 g/mol. The van der Waals surface area contributed by atoms with Crippen molar-refractivity contribution in [2.24, 2.45) is 0 Å². The van der Waals surface area contributed by atoms with Crippen LogP contribution in [0.15, 0.2) is 29.3 Å². The van der Waals surface area contributed by atoms with E-state index < -0.39 is 0 Å². The van der Waals surface area contributed by atoms with Gasteiger partial charge in [0.1, 0.15) is 11.3 Å². The zero-order valence-electron chi connectivity index (χ0n) is 12.9. The standard InChI is InChI=1S/C16H18N4O2/c1-10-12(11(2)19-18-10)7-8-20-9-17-15-13(16(20)21)5-4-6-14(15)22-3/h4-6,9H,7-8H2,1-3H3,(H,18,19). The van der Waals surface area contributed by atoms with Crippen molar-refractivity contribution in [2.45, 2.75) is 26.8 Å². The van der Waals surface area contributed by atoms with E-state index in [-0.39, 0.29) is 5.56 Å². The first-order valence-electron chi connectivity index (χ1n) is 7.14. The van der Waals surface area contributed by atoms with Crippen molar-refractivity contribution in [3.05, 3.63) is 51.8 Å². The van der Waals surface area contributed by atoms with Crippen LogP contribution in [0.2, 0.25) is 0 Å². The largest absolute Gasteiger partial charge is 0.494 e. The Bertz CT molecular complexity index is 860. The molecule has 2 heterocycles. The predicted octanol–water partition coefficient (Wildman–Crippen LogP) is 1.99. The lowest BCUT2D eigenvalue weighted by molar-refractivity contribution is 0.418. The topological polar surface area (TPSA) is 72.8 Å². The molecule has 114 valence electrons. The fraction of sp³-hybridized carbons (Fsp3) is 0.312. The van der Waals surface area contributed by atoms with Crippen molar-refractivity contribution in [3.63, 3.8) is 0 Å². The Kier molecular flexibility index (Phi) is 3.66. The lowest BCUT2D eigenvalue weighted by atomic mass is 10.1. The van der Waals surface area contributed by atoms with Crippen molar-refractivity contribution in [3.8, 4) is 5.75 Å². The highest BCUT2D eigenvalue weighted by molar-refractivity contribution is 5.83. The molecule has 0 atom stereocenters. The van der Waals surface area contributed by atoms with E-state index in [1.807, 2.05) is 13.8 Å². The maximum Gasteiger partial charge on any atom is 0.261 e.